The van der Waals surface area contributed by atoms with E-state index in [-0.39, 0.29) is 19.4 Å². The summed E-state index contributed by atoms with van der Waals surface area (Å²) < 4.78 is 17.7. The van der Waals surface area contributed by atoms with Gasteiger partial charge in [0.1, 0.15) is 24.4 Å². The van der Waals surface area contributed by atoms with E-state index in [1.807, 2.05) is 6.08 Å². The minimum atomic E-state index is -1.63. The van der Waals surface area contributed by atoms with Crippen molar-refractivity contribution in [3.63, 3.8) is 0 Å². The van der Waals surface area contributed by atoms with Crippen molar-refractivity contribution in [3.8, 4) is 0 Å². The van der Waals surface area contributed by atoms with Gasteiger partial charge < -0.3 is 45.1 Å². The van der Waals surface area contributed by atoms with Gasteiger partial charge in [-0.05, 0) is 122 Å². The first-order valence-electron chi connectivity index (χ1n) is 39.0. The number of esters is 1. The summed E-state index contributed by atoms with van der Waals surface area (Å²) in [6.07, 6.45) is 89.1. The zero-order valence-electron chi connectivity index (χ0n) is 60.7. The molecule has 0 spiro atoms. The summed E-state index contributed by atoms with van der Waals surface area (Å²) in [4.78, 5) is 26.8. The molecule has 1 heterocycles. The van der Waals surface area contributed by atoms with E-state index in [9.17, 15) is 35.1 Å². The van der Waals surface area contributed by atoms with Gasteiger partial charge in [-0.3, -0.25) is 9.59 Å². The second-order valence-electron chi connectivity index (χ2n) is 26.4. The van der Waals surface area contributed by atoms with Crippen molar-refractivity contribution in [2.45, 2.75) is 372 Å². The van der Waals surface area contributed by atoms with Crippen LogP contribution in [-0.2, 0) is 23.8 Å². The smallest absolute Gasteiger partial charge is 0.306 e. The van der Waals surface area contributed by atoms with Crippen molar-refractivity contribution < 1.29 is 49.3 Å². The summed E-state index contributed by atoms with van der Waals surface area (Å²) in [5.41, 5.74) is 0. The van der Waals surface area contributed by atoms with E-state index in [0.29, 0.717) is 12.8 Å². The van der Waals surface area contributed by atoms with Gasteiger partial charge in [-0.1, -0.05) is 328 Å². The molecule has 544 valence electrons. The Morgan fingerprint density at radius 1 is 0.421 bits per heavy atom. The molecule has 11 heteroatoms. The van der Waals surface area contributed by atoms with Crippen LogP contribution in [0.3, 0.4) is 0 Å². The Morgan fingerprint density at radius 3 is 1.16 bits per heavy atom. The summed E-state index contributed by atoms with van der Waals surface area (Å²) >= 11 is 0. The van der Waals surface area contributed by atoms with Crippen LogP contribution in [0.2, 0.25) is 0 Å². The van der Waals surface area contributed by atoms with Crippen LogP contribution in [0.15, 0.2) is 134 Å². The van der Waals surface area contributed by atoms with Gasteiger partial charge in [0, 0.05) is 6.42 Å². The van der Waals surface area contributed by atoms with Gasteiger partial charge >= 0.3 is 5.97 Å². The molecule has 0 aliphatic carbocycles. The molecule has 1 aliphatic heterocycles. The highest BCUT2D eigenvalue weighted by molar-refractivity contribution is 5.80. The Hall–Kier alpha value is -4.20. The highest BCUT2D eigenvalue weighted by Gasteiger charge is 2.47. The number of unbranched alkanes of at least 4 members (excludes halogenated alkanes) is 32. The zero-order valence-corrected chi connectivity index (χ0v) is 60.7. The number of allylic oxidation sites excluding steroid dienone is 21. The molecule has 1 aliphatic rings. The molecule has 11 nitrogen and oxygen atoms in total. The number of ether oxygens (including phenoxy) is 3. The van der Waals surface area contributed by atoms with E-state index in [4.69, 9.17) is 14.2 Å². The average Bonchev–Trinajstić information content (AvgIpc) is 0.823. The molecule has 0 saturated carbocycles. The molecule has 1 fully saturated rings. The number of aliphatic hydroxyl groups is 5. The van der Waals surface area contributed by atoms with Crippen LogP contribution in [0.5, 0.6) is 0 Å². The normalized spacial score (nSPS) is 18.5. The summed E-state index contributed by atoms with van der Waals surface area (Å²) in [5.74, 6) is -1.21. The van der Waals surface area contributed by atoms with Gasteiger partial charge in [0.05, 0.1) is 25.4 Å². The molecular weight excluding hydrogens is 1180 g/mol. The maximum absolute atomic E-state index is 13.5. The third-order valence-corrected chi connectivity index (χ3v) is 17.5. The van der Waals surface area contributed by atoms with E-state index >= 15 is 0 Å². The summed E-state index contributed by atoms with van der Waals surface area (Å²) in [6.45, 7) is 5.67. The molecule has 8 atom stereocenters. The van der Waals surface area contributed by atoms with Gasteiger partial charge in [0.15, 0.2) is 12.4 Å². The highest BCUT2D eigenvalue weighted by Crippen LogP contribution is 2.26. The van der Waals surface area contributed by atoms with Gasteiger partial charge in [0.25, 0.3) is 0 Å². The molecular formula is C84H143NO10. The van der Waals surface area contributed by atoms with Crippen molar-refractivity contribution in [2.75, 3.05) is 13.2 Å². The number of aliphatic hydroxyl groups excluding tert-OH is 5. The molecule has 6 N–H and O–H groups in total. The number of carbonyl (C=O) groups excluding carboxylic acids is 2. The van der Waals surface area contributed by atoms with E-state index < -0.39 is 67.4 Å². The molecule has 0 aromatic heterocycles. The maximum Gasteiger partial charge on any atom is 0.306 e. The number of carbonyl (C=O) groups is 2. The van der Waals surface area contributed by atoms with Crippen molar-refractivity contribution >= 4 is 11.9 Å². The first-order chi connectivity index (χ1) is 46.7. The zero-order chi connectivity index (χ0) is 68.8. The van der Waals surface area contributed by atoms with Crippen molar-refractivity contribution in [1.82, 2.24) is 5.32 Å². The topological polar surface area (TPSA) is 175 Å². The van der Waals surface area contributed by atoms with Gasteiger partial charge in [0.2, 0.25) is 5.91 Å². The maximum atomic E-state index is 13.5. The van der Waals surface area contributed by atoms with Gasteiger partial charge in [-0.2, -0.15) is 0 Å². The van der Waals surface area contributed by atoms with Crippen LogP contribution in [0, 0.1) is 0 Å². The van der Waals surface area contributed by atoms with Crippen LogP contribution in [0.4, 0.5) is 0 Å². The molecule has 8 unspecified atom stereocenters. The highest BCUT2D eigenvalue weighted by atomic mass is 16.7. The quantitative estimate of drug-likeness (QED) is 0.0195. The van der Waals surface area contributed by atoms with Crippen LogP contribution in [0.25, 0.3) is 0 Å². The van der Waals surface area contributed by atoms with Crippen molar-refractivity contribution in [3.05, 3.63) is 134 Å². The first kappa shape index (κ1) is 88.8. The standard InChI is InChI=1S/C84H143NO10/c1-4-7-10-13-16-19-22-25-27-29-31-33-35-37-39-41-43-45-47-49-51-54-57-60-63-66-69-72-79(89)95-82-81(91)80(90)78(73-86)94-84(82)93-74-75(76(87)70-67-64-61-58-55-52-24-21-18-15-12-9-6-3)85-83(92)77(88)71-68-65-62-59-56-53-50-48-46-44-42-40-38-36-34-32-30-28-26-23-20-17-14-11-8-5-2/h7,10,16-17,19-20,25-28,31-34,37-40,43,45,67,70,75-78,80-82,84,86-88,90-91H,4-6,8-9,11-15,18,21-24,29-30,35-36,41-42,44,46-66,68-69,71-74H2,1-3H3,(H,85,92)/b10-7-,19-16-,20-17-,27-25-,28-26-,33-31-,34-32-,39-37-,40-38-,45-43-,70-67+. The fraction of sp³-hybridized carbons (Fsp3) is 0.714. The summed E-state index contributed by atoms with van der Waals surface area (Å²) in [6, 6.07) is -1.04. The third-order valence-electron chi connectivity index (χ3n) is 17.5. The van der Waals surface area contributed by atoms with E-state index in [0.717, 1.165) is 135 Å². The Balaban J connectivity index is 2.55. The molecule has 1 rings (SSSR count). The second kappa shape index (κ2) is 69.7. The Labute approximate surface area is 582 Å². The van der Waals surface area contributed by atoms with E-state index in [2.05, 4.69) is 148 Å². The Morgan fingerprint density at radius 2 is 0.758 bits per heavy atom. The number of hydrogen-bond acceptors (Lipinski definition) is 10. The molecule has 0 aromatic carbocycles. The van der Waals surface area contributed by atoms with Crippen molar-refractivity contribution in [1.29, 1.82) is 0 Å². The minimum Gasteiger partial charge on any atom is -0.454 e. The largest absolute Gasteiger partial charge is 0.454 e. The second-order valence-corrected chi connectivity index (χ2v) is 26.4. The van der Waals surface area contributed by atoms with Crippen LogP contribution in [-0.4, -0.2) is 99.6 Å². The Bertz CT molecular complexity index is 2070. The monoisotopic (exact) mass is 1330 g/mol. The summed E-state index contributed by atoms with van der Waals surface area (Å²) in [7, 11) is 0. The fourth-order valence-corrected chi connectivity index (χ4v) is 11.5. The predicted octanol–water partition coefficient (Wildman–Crippen LogP) is 21.1. The molecule has 1 saturated heterocycles. The predicted molar refractivity (Wildman–Crippen MR) is 402 cm³/mol. The lowest BCUT2D eigenvalue weighted by molar-refractivity contribution is -0.305. The number of rotatable bonds is 66. The first-order valence-corrected chi connectivity index (χ1v) is 39.0. The molecule has 0 radical (unpaired) electrons. The van der Waals surface area contributed by atoms with E-state index in [1.165, 1.54) is 141 Å². The lowest BCUT2D eigenvalue weighted by Gasteiger charge is -2.41. The van der Waals surface area contributed by atoms with Crippen LogP contribution < -0.4 is 5.32 Å². The number of amides is 1. The average molecular weight is 1330 g/mol. The molecule has 0 bridgehead atoms. The van der Waals surface area contributed by atoms with Crippen LogP contribution in [0.1, 0.15) is 323 Å². The lowest BCUT2D eigenvalue weighted by atomic mass is 9.99. The third kappa shape index (κ3) is 56.4. The lowest BCUT2D eigenvalue weighted by Crippen LogP contribution is -2.61. The SMILES string of the molecule is CC/C=C\C/C=C\C/C=C\C/C=C\C/C=C\C/C=C\CCCCCCCCCCC(=O)OC1C(OCC(NC(=O)C(O)CCCCCCCCCCCC/C=C\C/C=C\C/C=C\C/C=C\CCCCC)C(O)/C=C/CCCCCCCCCCCCC)OC(CO)C(O)C1O. The van der Waals surface area contributed by atoms with Crippen molar-refractivity contribution in [2.24, 2.45) is 0 Å². The van der Waals surface area contributed by atoms with E-state index in [1.54, 1.807) is 6.08 Å². The van der Waals surface area contributed by atoms with Gasteiger partial charge in [-0.15, -0.1) is 0 Å². The van der Waals surface area contributed by atoms with Crippen LogP contribution >= 0.6 is 0 Å². The van der Waals surface area contributed by atoms with Gasteiger partial charge in [-0.25, -0.2) is 0 Å². The summed E-state index contributed by atoms with van der Waals surface area (Å²) in [5, 5.41) is 57.4. The molecule has 1 amide bonds. The fourth-order valence-electron chi connectivity index (χ4n) is 11.5. The number of nitrogens with one attached hydrogen (secondary N) is 1. The molecule has 95 heavy (non-hydrogen) atoms. The minimum absolute atomic E-state index is 0.106. The Kier molecular flexibility index (Phi) is 65.2. The molecule has 0 aromatic rings. The number of hydrogen-bond donors (Lipinski definition) is 6.